The highest BCUT2D eigenvalue weighted by Crippen LogP contribution is 2.25. The number of rotatable bonds is 6. The molecule has 0 atom stereocenters. The number of carbonyl (C=O) groups excluding carboxylic acids is 1. The van der Waals surface area contributed by atoms with E-state index in [1.807, 2.05) is 19.1 Å². The van der Waals surface area contributed by atoms with Crippen molar-refractivity contribution in [1.29, 1.82) is 0 Å². The number of aromatic amines is 1. The number of benzene rings is 1. The van der Waals surface area contributed by atoms with Crippen molar-refractivity contribution in [1.82, 2.24) is 15.2 Å². The van der Waals surface area contributed by atoms with Crippen molar-refractivity contribution >= 4 is 44.9 Å². The summed E-state index contributed by atoms with van der Waals surface area (Å²) in [5.41, 5.74) is 1.45. The van der Waals surface area contributed by atoms with E-state index in [0.717, 1.165) is 42.8 Å². The summed E-state index contributed by atoms with van der Waals surface area (Å²) in [5, 5.41) is 11.0. The van der Waals surface area contributed by atoms with Crippen molar-refractivity contribution in [3.05, 3.63) is 46.2 Å². The van der Waals surface area contributed by atoms with Crippen LogP contribution in [0, 0.1) is 6.92 Å². The number of piperidine rings is 1. The van der Waals surface area contributed by atoms with Crippen LogP contribution >= 0.6 is 11.3 Å². The van der Waals surface area contributed by atoms with Gasteiger partial charge in [0.25, 0.3) is 15.9 Å². The number of aryl methyl sites for hydroxylation is 1. The Morgan fingerprint density at radius 1 is 1.13 bits per heavy atom. The van der Waals surface area contributed by atoms with E-state index in [9.17, 15) is 13.2 Å². The number of hydrogen-bond acceptors (Lipinski definition) is 7. The standard InChI is InChI=1S/C19H22N6O3S2/c1-13-5-7-14(8-6-13)24-30(27,28)15-9-12-29-16(15)17(26)20-18-21-19(23-22-18)25-10-3-2-4-11-25/h5-9,12,24H,2-4,10-11H2,1H3,(H2,20,21,22,23,26). The molecule has 0 spiro atoms. The molecular weight excluding hydrogens is 424 g/mol. The molecule has 3 heterocycles. The molecule has 1 aromatic carbocycles. The number of H-pyrrole nitrogens is 1. The highest BCUT2D eigenvalue weighted by molar-refractivity contribution is 7.93. The third-order valence-corrected chi connectivity index (χ3v) is 7.24. The van der Waals surface area contributed by atoms with Crippen molar-refractivity contribution in [2.24, 2.45) is 0 Å². The zero-order chi connectivity index (χ0) is 21.1. The summed E-state index contributed by atoms with van der Waals surface area (Å²) in [7, 11) is -3.92. The number of nitrogens with one attached hydrogen (secondary N) is 3. The second-order valence-electron chi connectivity index (χ2n) is 7.07. The van der Waals surface area contributed by atoms with Gasteiger partial charge in [-0.15, -0.1) is 16.4 Å². The molecule has 3 N–H and O–H groups in total. The fourth-order valence-corrected chi connectivity index (χ4v) is 5.60. The Labute approximate surface area is 178 Å². The molecule has 158 valence electrons. The molecule has 0 bridgehead atoms. The molecule has 1 fully saturated rings. The van der Waals surface area contributed by atoms with Gasteiger partial charge in [0.05, 0.1) is 0 Å². The van der Waals surface area contributed by atoms with Crippen LogP contribution in [-0.2, 0) is 10.0 Å². The molecule has 3 aromatic rings. The maximum Gasteiger partial charge on any atom is 0.269 e. The first kappa shape index (κ1) is 20.4. The molecule has 11 heteroatoms. The van der Waals surface area contributed by atoms with Crippen molar-refractivity contribution < 1.29 is 13.2 Å². The quantitative estimate of drug-likeness (QED) is 0.535. The van der Waals surface area contributed by atoms with E-state index >= 15 is 0 Å². The van der Waals surface area contributed by atoms with Gasteiger partial charge in [-0.05, 0) is 49.8 Å². The van der Waals surface area contributed by atoms with Gasteiger partial charge >= 0.3 is 0 Å². The Morgan fingerprint density at radius 3 is 2.60 bits per heavy atom. The topological polar surface area (TPSA) is 120 Å². The van der Waals surface area contributed by atoms with Gasteiger partial charge in [0, 0.05) is 18.8 Å². The summed E-state index contributed by atoms with van der Waals surface area (Å²) < 4.78 is 28.1. The number of nitrogens with zero attached hydrogens (tertiary/aromatic N) is 3. The van der Waals surface area contributed by atoms with E-state index in [-0.39, 0.29) is 15.7 Å². The predicted molar refractivity (Wildman–Crippen MR) is 117 cm³/mol. The van der Waals surface area contributed by atoms with Crippen LogP contribution in [0.5, 0.6) is 0 Å². The number of hydrogen-bond donors (Lipinski definition) is 3. The van der Waals surface area contributed by atoms with E-state index in [2.05, 4.69) is 30.1 Å². The Kier molecular flexibility index (Phi) is 5.73. The molecule has 1 aliphatic heterocycles. The fraction of sp³-hybridized carbons (Fsp3) is 0.316. The average Bonchev–Trinajstić information content (AvgIpc) is 3.40. The third kappa shape index (κ3) is 4.46. The molecule has 0 saturated carbocycles. The maximum atomic E-state index is 12.8. The molecule has 4 rings (SSSR count). The van der Waals surface area contributed by atoms with Gasteiger partial charge in [-0.25, -0.2) is 13.5 Å². The Bertz CT molecular complexity index is 1130. The van der Waals surface area contributed by atoms with Gasteiger partial charge in [-0.1, -0.05) is 17.7 Å². The van der Waals surface area contributed by atoms with Crippen molar-refractivity contribution in [3.63, 3.8) is 0 Å². The van der Waals surface area contributed by atoms with Crippen LogP contribution in [0.3, 0.4) is 0 Å². The van der Waals surface area contributed by atoms with Gasteiger partial charge in [-0.2, -0.15) is 4.98 Å². The normalized spacial score (nSPS) is 14.5. The Hall–Kier alpha value is -2.92. The lowest BCUT2D eigenvalue weighted by atomic mass is 10.1. The first-order valence-electron chi connectivity index (χ1n) is 9.58. The minimum absolute atomic E-state index is 0.0746. The summed E-state index contributed by atoms with van der Waals surface area (Å²) in [5.74, 6) is 0.157. The number of aromatic nitrogens is 3. The molecule has 2 aromatic heterocycles. The summed E-state index contributed by atoms with van der Waals surface area (Å²) >= 11 is 1.05. The number of amides is 1. The van der Waals surface area contributed by atoms with Gasteiger partial charge in [0.1, 0.15) is 9.77 Å². The zero-order valence-electron chi connectivity index (χ0n) is 16.4. The molecule has 1 saturated heterocycles. The van der Waals surface area contributed by atoms with Crippen LogP contribution < -0.4 is 14.9 Å². The maximum absolute atomic E-state index is 12.8. The van der Waals surface area contributed by atoms with E-state index in [0.29, 0.717) is 11.6 Å². The zero-order valence-corrected chi connectivity index (χ0v) is 18.0. The second-order valence-corrected chi connectivity index (χ2v) is 9.64. The van der Waals surface area contributed by atoms with Crippen LogP contribution in [0.2, 0.25) is 0 Å². The number of thiophene rings is 1. The van der Waals surface area contributed by atoms with E-state index in [4.69, 9.17) is 0 Å². The molecular formula is C19H22N6O3S2. The number of carbonyl (C=O) groups is 1. The van der Waals surface area contributed by atoms with E-state index < -0.39 is 15.9 Å². The molecule has 0 unspecified atom stereocenters. The highest BCUT2D eigenvalue weighted by atomic mass is 32.2. The monoisotopic (exact) mass is 446 g/mol. The van der Waals surface area contributed by atoms with Gasteiger partial charge in [0.2, 0.25) is 11.9 Å². The molecule has 1 amide bonds. The van der Waals surface area contributed by atoms with Crippen LogP contribution in [-0.4, -0.2) is 42.6 Å². The molecule has 30 heavy (non-hydrogen) atoms. The minimum atomic E-state index is -3.92. The van der Waals surface area contributed by atoms with Gasteiger partial charge in [-0.3, -0.25) is 14.8 Å². The van der Waals surface area contributed by atoms with Gasteiger partial charge < -0.3 is 4.90 Å². The Balaban J connectivity index is 1.49. The summed E-state index contributed by atoms with van der Waals surface area (Å²) in [6.45, 7) is 3.67. The molecule has 0 radical (unpaired) electrons. The van der Waals surface area contributed by atoms with Crippen LogP contribution in [0.4, 0.5) is 17.6 Å². The first-order chi connectivity index (χ1) is 14.4. The lowest BCUT2D eigenvalue weighted by Gasteiger charge is -2.24. The first-order valence-corrected chi connectivity index (χ1v) is 11.9. The van der Waals surface area contributed by atoms with Crippen LogP contribution in [0.1, 0.15) is 34.5 Å². The van der Waals surface area contributed by atoms with Crippen LogP contribution in [0.15, 0.2) is 40.6 Å². The minimum Gasteiger partial charge on any atom is -0.340 e. The molecule has 0 aliphatic carbocycles. The number of anilines is 3. The highest BCUT2D eigenvalue weighted by Gasteiger charge is 2.25. The molecule has 1 aliphatic rings. The summed E-state index contributed by atoms with van der Waals surface area (Å²) in [6, 6.07) is 8.38. The Morgan fingerprint density at radius 2 is 1.87 bits per heavy atom. The van der Waals surface area contributed by atoms with E-state index in [1.165, 1.54) is 12.5 Å². The fourth-order valence-electron chi connectivity index (χ4n) is 3.21. The largest absolute Gasteiger partial charge is 0.340 e. The summed E-state index contributed by atoms with van der Waals surface area (Å²) in [6.07, 6.45) is 3.36. The smallest absolute Gasteiger partial charge is 0.269 e. The lowest BCUT2D eigenvalue weighted by Crippen LogP contribution is -2.30. The average molecular weight is 447 g/mol. The van der Waals surface area contributed by atoms with Crippen molar-refractivity contribution in [3.8, 4) is 0 Å². The van der Waals surface area contributed by atoms with Crippen molar-refractivity contribution in [2.75, 3.05) is 28.0 Å². The van der Waals surface area contributed by atoms with E-state index in [1.54, 1.807) is 17.5 Å². The molecule has 9 nitrogen and oxygen atoms in total. The van der Waals surface area contributed by atoms with Crippen molar-refractivity contribution in [2.45, 2.75) is 31.1 Å². The third-order valence-electron chi connectivity index (χ3n) is 4.77. The number of sulfonamides is 1. The lowest BCUT2D eigenvalue weighted by molar-refractivity contribution is 0.102. The second kappa shape index (κ2) is 8.44. The van der Waals surface area contributed by atoms with Crippen LogP contribution in [0.25, 0.3) is 0 Å². The SMILES string of the molecule is Cc1ccc(NS(=O)(=O)c2ccsc2C(=O)Nc2nc(N3CCCCC3)n[nH]2)cc1. The predicted octanol–water partition coefficient (Wildman–Crippen LogP) is 3.22. The van der Waals surface area contributed by atoms with Gasteiger partial charge in [0.15, 0.2) is 0 Å². The summed E-state index contributed by atoms with van der Waals surface area (Å²) in [4.78, 5) is 19.1.